The first-order valence-electron chi connectivity index (χ1n) is 7.12. The third-order valence-corrected chi connectivity index (χ3v) is 4.22. The number of allylic oxidation sites excluding steroid dienone is 1. The summed E-state index contributed by atoms with van der Waals surface area (Å²) in [6, 6.07) is 0. The van der Waals surface area contributed by atoms with Crippen LogP contribution >= 0.6 is 0 Å². The van der Waals surface area contributed by atoms with Gasteiger partial charge in [-0.2, -0.15) is 0 Å². The molecule has 1 heterocycles. The van der Waals surface area contributed by atoms with Crippen molar-refractivity contribution in [2.45, 2.75) is 32.5 Å². The molecule has 0 fully saturated rings. The molecule has 3 N–H and O–H groups in total. The fraction of sp³-hybridized carbons (Fsp3) is 0.375. The number of carbonyl (C=O) groups excluding carboxylic acids is 2. The van der Waals surface area contributed by atoms with Crippen LogP contribution in [0.4, 0.5) is 0 Å². The predicted molar refractivity (Wildman–Crippen MR) is 78.3 cm³/mol. The Morgan fingerprint density at radius 1 is 1.04 bits per heavy atom. The molecule has 122 valence electrons. The van der Waals surface area contributed by atoms with E-state index in [-0.39, 0.29) is 23.0 Å². The van der Waals surface area contributed by atoms with Crippen LogP contribution in [-0.2, 0) is 20.7 Å². The molecule has 0 aromatic heterocycles. The molecule has 2 aliphatic rings. The Labute approximate surface area is 131 Å². The molecule has 2 unspecified atom stereocenters. The molecule has 0 bridgehead atoms. The molecule has 23 heavy (non-hydrogen) atoms. The van der Waals surface area contributed by atoms with E-state index in [1.165, 1.54) is 0 Å². The van der Waals surface area contributed by atoms with Gasteiger partial charge in [0, 0.05) is 17.5 Å². The highest BCUT2D eigenvalue weighted by Crippen LogP contribution is 2.49. The summed E-state index contributed by atoms with van der Waals surface area (Å²) in [6.07, 6.45) is -0.484. The van der Waals surface area contributed by atoms with Crippen molar-refractivity contribution in [1.29, 1.82) is 0 Å². The Morgan fingerprint density at radius 2 is 1.70 bits per heavy atom. The van der Waals surface area contributed by atoms with Crippen LogP contribution in [0.15, 0.2) is 5.76 Å². The van der Waals surface area contributed by atoms with Gasteiger partial charge in [-0.1, -0.05) is 0 Å². The largest absolute Gasteiger partial charge is 0.507 e. The second-order valence-corrected chi connectivity index (χ2v) is 5.67. The normalized spacial score (nSPS) is 23.6. The molecule has 1 aliphatic heterocycles. The lowest BCUT2D eigenvalue weighted by Gasteiger charge is -2.32. The molecule has 0 saturated heterocycles. The Hall–Kier alpha value is -2.54. The quantitative estimate of drug-likeness (QED) is 0.533. The lowest BCUT2D eigenvalue weighted by atomic mass is 9.83. The van der Waals surface area contributed by atoms with Crippen LogP contribution in [0.3, 0.4) is 0 Å². The van der Waals surface area contributed by atoms with Crippen LogP contribution in [0.1, 0.15) is 47.0 Å². The van der Waals surface area contributed by atoms with E-state index in [4.69, 9.17) is 9.47 Å². The molecular formula is C16H16O7. The van der Waals surface area contributed by atoms with Gasteiger partial charge in [-0.05, 0) is 13.8 Å². The number of Topliss-reactive ketones (excluding diaryl/α,β-unsaturated/α-hetero) is 2. The number of phenolic OH excluding ortho intramolecular Hbond substituents is 2. The number of aromatic hydroxyl groups is 2. The second kappa shape index (κ2) is 4.99. The van der Waals surface area contributed by atoms with E-state index in [1.54, 1.807) is 13.8 Å². The number of hydrogen-bond acceptors (Lipinski definition) is 7. The number of fused-ring (bicyclic) bond motifs is 2. The highest BCUT2D eigenvalue weighted by Gasteiger charge is 2.42. The SMILES string of the molecule is COC1=C(O)c2c(O)c3c(c(O)c2C(=O)C1=O)C(C)OC(C)C3. The third-order valence-electron chi connectivity index (χ3n) is 4.22. The number of methoxy groups -OCH3 is 1. The summed E-state index contributed by atoms with van der Waals surface area (Å²) in [6.45, 7) is 3.48. The zero-order valence-electron chi connectivity index (χ0n) is 12.8. The fourth-order valence-electron chi connectivity index (χ4n) is 3.27. The van der Waals surface area contributed by atoms with E-state index in [1.807, 2.05) is 0 Å². The van der Waals surface area contributed by atoms with Crippen molar-refractivity contribution in [3.8, 4) is 11.5 Å². The van der Waals surface area contributed by atoms with E-state index in [0.29, 0.717) is 12.0 Å². The zero-order chi connectivity index (χ0) is 17.0. The number of carbonyl (C=O) groups is 2. The molecule has 1 aromatic rings. The molecule has 3 rings (SSSR count). The number of benzene rings is 1. The first-order chi connectivity index (χ1) is 10.8. The van der Waals surface area contributed by atoms with Crippen LogP contribution in [0, 0.1) is 0 Å². The minimum Gasteiger partial charge on any atom is -0.507 e. The van der Waals surface area contributed by atoms with E-state index in [9.17, 15) is 24.9 Å². The molecule has 7 heteroatoms. The highest BCUT2D eigenvalue weighted by molar-refractivity contribution is 6.52. The van der Waals surface area contributed by atoms with Crippen molar-refractivity contribution in [2.24, 2.45) is 0 Å². The smallest absolute Gasteiger partial charge is 0.272 e. The maximum absolute atomic E-state index is 12.3. The maximum Gasteiger partial charge on any atom is 0.272 e. The summed E-state index contributed by atoms with van der Waals surface area (Å²) in [5, 5.41) is 31.3. The average Bonchev–Trinajstić information content (AvgIpc) is 2.48. The maximum atomic E-state index is 12.3. The van der Waals surface area contributed by atoms with Gasteiger partial charge in [0.05, 0.1) is 30.4 Å². The number of ketones is 2. The first kappa shape index (κ1) is 15.4. The van der Waals surface area contributed by atoms with Crippen molar-refractivity contribution in [3.05, 3.63) is 28.0 Å². The third kappa shape index (κ3) is 1.93. The number of hydrogen-bond donors (Lipinski definition) is 3. The summed E-state index contributed by atoms with van der Waals surface area (Å²) in [5.74, 6) is -4.13. The molecule has 0 amide bonds. The van der Waals surface area contributed by atoms with Gasteiger partial charge < -0.3 is 24.8 Å². The predicted octanol–water partition coefficient (Wildman–Crippen LogP) is 1.76. The molecule has 0 spiro atoms. The van der Waals surface area contributed by atoms with E-state index >= 15 is 0 Å². The van der Waals surface area contributed by atoms with Gasteiger partial charge in [0.2, 0.25) is 11.5 Å². The molecule has 2 atom stereocenters. The van der Waals surface area contributed by atoms with Gasteiger partial charge in [-0.3, -0.25) is 9.59 Å². The first-order valence-corrected chi connectivity index (χ1v) is 7.12. The van der Waals surface area contributed by atoms with Crippen LogP contribution in [0.2, 0.25) is 0 Å². The van der Waals surface area contributed by atoms with Crippen molar-refractivity contribution >= 4 is 17.3 Å². The molecule has 0 radical (unpaired) electrons. The summed E-state index contributed by atoms with van der Waals surface area (Å²) in [5.41, 5.74) is -0.0515. The standard InChI is InChI=1S/C16H16O7/c1-5-4-7-8(6(2)23-5)12(18)10-9(11(7)17)14(20)16(22-3)15(21)13(10)19/h5-6,17-18,20H,4H2,1-3H3. The minimum atomic E-state index is -1.08. The van der Waals surface area contributed by atoms with Crippen molar-refractivity contribution in [1.82, 2.24) is 0 Å². The van der Waals surface area contributed by atoms with E-state index in [2.05, 4.69) is 0 Å². The Morgan fingerprint density at radius 3 is 2.30 bits per heavy atom. The van der Waals surface area contributed by atoms with Gasteiger partial charge in [-0.25, -0.2) is 0 Å². The second-order valence-electron chi connectivity index (χ2n) is 5.67. The van der Waals surface area contributed by atoms with Crippen LogP contribution in [0.5, 0.6) is 11.5 Å². The lowest BCUT2D eigenvalue weighted by Crippen LogP contribution is -2.28. The number of aliphatic hydroxyl groups is 1. The molecule has 7 nitrogen and oxygen atoms in total. The molecule has 0 saturated carbocycles. The van der Waals surface area contributed by atoms with Crippen LogP contribution < -0.4 is 0 Å². The van der Waals surface area contributed by atoms with Gasteiger partial charge in [0.1, 0.15) is 11.5 Å². The Balaban J connectivity index is 2.41. The molecule has 1 aromatic carbocycles. The fourth-order valence-corrected chi connectivity index (χ4v) is 3.27. The molecular weight excluding hydrogens is 304 g/mol. The average molecular weight is 320 g/mol. The summed E-state index contributed by atoms with van der Waals surface area (Å²) >= 11 is 0. The van der Waals surface area contributed by atoms with Crippen molar-refractivity contribution in [2.75, 3.05) is 7.11 Å². The van der Waals surface area contributed by atoms with E-state index < -0.39 is 40.5 Å². The van der Waals surface area contributed by atoms with Gasteiger partial charge in [-0.15, -0.1) is 0 Å². The summed E-state index contributed by atoms with van der Waals surface area (Å²) in [4.78, 5) is 24.3. The van der Waals surface area contributed by atoms with Crippen LogP contribution in [0.25, 0.3) is 5.76 Å². The van der Waals surface area contributed by atoms with Gasteiger partial charge >= 0.3 is 0 Å². The molecule has 1 aliphatic carbocycles. The lowest BCUT2D eigenvalue weighted by molar-refractivity contribution is -0.114. The van der Waals surface area contributed by atoms with Gasteiger partial charge in [0.25, 0.3) is 5.78 Å². The number of rotatable bonds is 1. The van der Waals surface area contributed by atoms with Gasteiger partial charge in [0.15, 0.2) is 5.76 Å². The van der Waals surface area contributed by atoms with Crippen molar-refractivity contribution in [3.63, 3.8) is 0 Å². The number of aliphatic hydroxyl groups excluding tert-OH is 1. The number of phenols is 2. The summed E-state index contributed by atoms with van der Waals surface area (Å²) < 4.78 is 10.4. The van der Waals surface area contributed by atoms with E-state index in [0.717, 1.165) is 7.11 Å². The zero-order valence-corrected chi connectivity index (χ0v) is 12.8. The van der Waals surface area contributed by atoms with Crippen LogP contribution in [-0.4, -0.2) is 40.1 Å². The number of ether oxygens (including phenoxy) is 2. The summed E-state index contributed by atoms with van der Waals surface area (Å²) in [7, 11) is 1.13. The van der Waals surface area contributed by atoms with Crippen molar-refractivity contribution < 1.29 is 34.4 Å². The monoisotopic (exact) mass is 320 g/mol. The minimum absolute atomic E-state index is 0.213. The Kier molecular flexibility index (Phi) is 3.33. The Bertz CT molecular complexity index is 775. The topological polar surface area (TPSA) is 113 Å². The highest BCUT2D eigenvalue weighted by atomic mass is 16.5.